The molecule has 2 heterocycles. The molecule has 1 aliphatic heterocycles. The Labute approximate surface area is 131 Å². The molecule has 0 amide bonds. The Hall–Kier alpha value is -2.16. The lowest BCUT2D eigenvalue weighted by molar-refractivity contribution is 0.0910. The fourth-order valence-corrected chi connectivity index (χ4v) is 3.60. The molecular weight excluding hydrogens is 272 g/mol. The molecule has 0 saturated heterocycles. The summed E-state index contributed by atoms with van der Waals surface area (Å²) in [7, 11) is 0. The number of rotatable bonds is 1. The van der Waals surface area contributed by atoms with E-state index in [0.717, 1.165) is 36.6 Å². The number of carbonyl (C=O) groups is 1. The number of pyridine rings is 1. The minimum Gasteiger partial charge on any atom is -0.348 e. The molecule has 0 unspecified atom stereocenters. The standard InChI is InChI=1S/C19H20N2O/c1-19(2)9-16-15(17(22)10-19)7-8-18(20-16)21-11-13-5-3-4-6-14(13)12-21/h3-8H,9-12H2,1-2H3. The Morgan fingerprint density at radius 2 is 1.68 bits per heavy atom. The predicted molar refractivity (Wildman–Crippen MR) is 87.0 cm³/mol. The van der Waals surface area contributed by atoms with Gasteiger partial charge in [-0.25, -0.2) is 4.98 Å². The van der Waals surface area contributed by atoms with Crippen molar-refractivity contribution in [1.82, 2.24) is 4.98 Å². The number of aromatic nitrogens is 1. The Balaban J connectivity index is 1.67. The summed E-state index contributed by atoms with van der Waals surface area (Å²) in [5, 5.41) is 0. The minimum absolute atomic E-state index is 0.0175. The molecular formula is C19H20N2O. The van der Waals surface area contributed by atoms with E-state index in [0.29, 0.717) is 6.42 Å². The van der Waals surface area contributed by atoms with Gasteiger partial charge in [-0.15, -0.1) is 0 Å². The van der Waals surface area contributed by atoms with Crippen LogP contribution in [0.1, 0.15) is 47.4 Å². The molecule has 3 nitrogen and oxygen atoms in total. The van der Waals surface area contributed by atoms with Gasteiger partial charge in [0.15, 0.2) is 5.78 Å². The second-order valence-electron chi connectivity index (χ2n) is 7.23. The maximum Gasteiger partial charge on any atom is 0.165 e. The number of nitrogens with zero attached hydrogens (tertiary/aromatic N) is 2. The summed E-state index contributed by atoms with van der Waals surface area (Å²) in [5.41, 5.74) is 4.55. The van der Waals surface area contributed by atoms with Gasteiger partial charge in [-0.3, -0.25) is 4.79 Å². The number of Topliss-reactive ketones (excluding diaryl/α,β-unsaturated/α-hetero) is 1. The number of benzene rings is 1. The molecule has 0 radical (unpaired) electrons. The molecule has 4 rings (SSSR count). The monoisotopic (exact) mass is 292 g/mol. The van der Waals surface area contributed by atoms with Crippen molar-refractivity contribution in [3.05, 3.63) is 58.8 Å². The highest BCUT2D eigenvalue weighted by molar-refractivity contribution is 5.98. The van der Waals surface area contributed by atoms with Crippen LogP contribution in [0.15, 0.2) is 36.4 Å². The number of ketones is 1. The van der Waals surface area contributed by atoms with Crippen LogP contribution in [-0.2, 0) is 19.5 Å². The third-order valence-electron chi connectivity index (χ3n) is 4.71. The lowest BCUT2D eigenvalue weighted by Crippen LogP contribution is -2.28. The maximum absolute atomic E-state index is 12.3. The number of anilines is 1. The van der Waals surface area contributed by atoms with Crippen LogP contribution in [0.25, 0.3) is 0 Å². The Kier molecular flexibility index (Phi) is 2.86. The van der Waals surface area contributed by atoms with E-state index in [9.17, 15) is 4.79 Å². The summed E-state index contributed by atoms with van der Waals surface area (Å²) >= 11 is 0. The molecule has 0 spiro atoms. The van der Waals surface area contributed by atoms with Crippen LogP contribution in [0.5, 0.6) is 0 Å². The molecule has 112 valence electrons. The molecule has 22 heavy (non-hydrogen) atoms. The molecule has 1 aromatic carbocycles. The fraction of sp³-hybridized carbons (Fsp3) is 0.368. The molecule has 3 heteroatoms. The minimum atomic E-state index is 0.0175. The zero-order chi connectivity index (χ0) is 15.3. The van der Waals surface area contributed by atoms with E-state index < -0.39 is 0 Å². The molecule has 0 saturated carbocycles. The van der Waals surface area contributed by atoms with Crippen molar-refractivity contribution in [3.63, 3.8) is 0 Å². The largest absolute Gasteiger partial charge is 0.348 e. The van der Waals surface area contributed by atoms with Crippen molar-refractivity contribution in [2.45, 2.75) is 39.8 Å². The van der Waals surface area contributed by atoms with Gasteiger partial charge < -0.3 is 4.90 Å². The summed E-state index contributed by atoms with van der Waals surface area (Å²) in [6, 6.07) is 12.5. The molecule has 2 aromatic rings. The van der Waals surface area contributed by atoms with Crippen molar-refractivity contribution in [1.29, 1.82) is 0 Å². The van der Waals surface area contributed by atoms with Crippen molar-refractivity contribution >= 4 is 11.6 Å². The molecule has 1 aromatic heterocycles. The first-order valence-corrected chi connectivity index (χ1v) is 7.87. The molecule has 2 aliphatic rings. The average Bonchev–Trinajstić information content (AvgIpc) is 2.89. The smallest absolute Gasteiger partial charge is 0.165 e. The summed E-state index contributed by atoms with van der Waals surface area (Å²) in [6.07, 6.45) is 1.50. The van der Waals surface area contributed by atoms with Gasteiger partial charge in [-0.2, -0.15) is 0 Å². The van der Waals surface area contributed by atoms with Gasteiger partial charge in [0.05, 0.1) is 5.69 Å². The Bertz CT molecular complexity index is 739. The Morgan fingerprint density at radius 1 is 1.00 bits per heavy atom. The van der Waals surface area contributed by atoms with E-state index >= 15 is 0 Å². The van der Waals surface area contributed by atoms with Gasteiger partial charge >= 0.3 is 0 Å². The lowest BCUT2D eigenvalue weighted by atomic mass is 9.76. The molecule has 0 bridgehead atoms. The number of carbonyl (C=O) groups excluding carboxylic acids is 1. The highest BCUT2D eigenvalue weighted by Crippen LogP contribution is 2.35. The normalized spacial score (nSPS) is 19.0. The average molecular weight is 292 g/mol. The van der Waals surface area contributed by atoms with Crippen molar-refractivity contribution in [2.24, 2.45) is 5.41 Å². The van der Waals surface area contributed by atoms with Crippen LogP contribution in [0.2, 0.25) is 0 Å². The first-order valence-electron chi connectivity index (χ1n) is 7.87. The van der Waals surface area contributed by atoms with E-state index in [2.05, 4.69) is 43.0 Å². The van der Waals surface area contributed by atoms with E-state index in [4.69, 9.17) is 4.98 Å². The van der Waals surface area contributed by atoms with Crippen molar-refractivity contribution in [3.8, 4) is 0 Å². The fourth-order valence-electron chi connectivity index (χ4n) is 3.60. The maximum atomic E-state index is 12.3. The first kappa shape index (κ1) is 13.5. The van der Waals surface area contributed by atoms with Crippen molar-refractivity contribution in [2.75, 3.05) is 4.90 Å². The van der Waals surface area contributed by atoms with E-state index in [1.165, 1.54) is 11.1 Å². The lowest BCUT2D eigenvalue weighted by Gasteiger charge is -2.30. The van der Waals surface area contributed by atoms with Crippen LogP contribution in [0.3, 0.4) is 0 Å². The van der Waals surface area contributed by atoms with Crippen LogP contribution in [-0.4, -0.2) is 10.8 Å². The number of hydrogen-bond donors (Lipinski definition) is 0. The van der Waals surface area contributed by atoms with Gasteiger partial charge in [-0.05, 0) is 35.1 Å². The molecule has 1 aliphatic carbocycles. The van der Waals surface area contributed by atoms with Gasteiger partial charge in [-0.1, -0.05) is 38.1 Å². The van der Waals surface area contributed by atoms with Crippen LogP contribution in [0, 0.1) is 5.41 Å². The van der Waals surface area contributed by atoms with E-state index in [1.807, 2.05) is 12.1 Å². The molecule has 0 atom stereocenters. The summed E-state index contributed by atoms with van der Waals surface area (Å²) < 4.78 is 0. The Morgan fingerprint density at radius 3 is 2.36 bits per heavy atom. The van der Waals surface area contributed by atoms with Gasteiger partial charge in [0.2, 0.25) is 0 Å². The highest BCUT2D eigenvalue weighted by atomic mass is 16.1. The van der Waals surface area contributed by atoms with Gasteiger partial charge in [0.25, 0.3) is 0 Å². The van der Waals surface area contributed by atoms with Crippen LogP contribution >= 0.6 is 0 Å². The predicted octanol–water partition coefficient (Wildman–Crippen LogP) is 3.76. The molecule has 0 fully saturated rings. The van der Waals surface area contributed by atoms with Gasteiger partial charge in [0.1, 0.15) is 5.82 Å². The summed E-state index contributed by atoms with van der Waals surface area (Å²) in [6.45, 7) is 6.10. The number of fused-ring (bicyclic) bond motifs is 2. The summed E-state index contributed by atoms with van der Waals surface area (Å²) in [5.74, 6) is 1.22. The second kappa shape index (κ2) is 4.67. The highest BCUT2D eigenvalue weighted by Gasteiger charge is 2.32. The van der Waals surface area contributed by atoms with Crippen LogP contribution < -0.4 is 4.90 Å². The number of hydrogen-bond acceptors (Lipinski definition) is 3. The quantitative estimate of drug-likeness (QED) is 0.802. The van der Waals surface area contributed by atoms with E-state index in [1.54, 1.807) is 0 Å². The van der Waals surface area contributed by atoms with Crippen molar-refractivity contribution < 1.29 is 4.79 Å². The van der Waals surface area contributed by atoms with E-state index in [-0.39, 0.29) is 11.2 Å². The SMILES string of the molecule is CC1(C)CC(=O)c2ccc(N3Cc4ccccc4C3)nc2C1. The first-order chi connectivity index (χ1) is 10.5. The zero-order valence-electron chi connectivity index (χ0n) is 13.1. The van der Waals surface area contributed by atoms with Crippen LogP contribution in [0.4, 0.5) is 5.82 Å². The second-order valence-corrected chi connectivity index (χ2v) is 7.23. The molecule has 0 N–H and O–H groups in total. The van der Waals surface area contributed by atoms with Gasteiger partial charge in [0, 0.05) is 25.1 Å². The third kappa shape index (κ3) is 2.21. The zero-order valence-corrected chi connectivity index (χ0v) is 13.1. The summed E-state index contributed by atoms with van der Waals surface area (Å²) in [4.78, 5) is 19.4. The third-order valence-corrected chi connectivity index (χ3v) is 4.71. The topological polar surface area (TPSA) is 33.2 Å².